The zero-order valence-corrected chi connectivity index (χ0v) is 8.19. The van der Waals surface area contributed by atoms with Gasteiger partial charge < -0.3 is 5.32 Å². The molecule has 1 amide bonds. The molecular weight excluding hydrogens is 186 g/mol. The fourth-order valence-electron chi connectivity index (χ4n) is 1.00. The lowest BCUT2D eigenvalue weighted by atomic mass is 10.2. The van der Waals surface area contributed by atoms with Gasteiger partial charge in [0.1, 0.15) is 0 Å². The Bertz CT molecular complexity index is 306. The SMILES string of the molecule is Cc1ccsc1CCNC(=O)C=O. The molecule has 1 aromatic rings. The fraction of sp³-hybridized carbons (Fsp3) is 0.333. The van der Waals surface area contributed by atoms with Gasteiger partial charge in [0.15, 0.2) is 0 Å². The van der Waals surface area contributed by atoms with E-state index < -0.39 is 5.91 Å². The van der Waals surface area contributed by atoms with Crippen molar-refractivity contribution in [3.63, 3.8) is 0 Å². The van der Waals surface area contributed by atoms with Gasteiger partial charge in [-0.1, -0.05) is 0 Å². The van der Waals surface area contributed by atoms with Crippen LogP contribution in [0.1, 0.15) is 10.4 Å². The number of aryl methyl sites for hydroxylation is 1. The minimum atomic E-state index is -0.547. The number of carbonyl (C=O) groups excluding carboxylic acids is 2. The van der Waals surface area contributed by atoms with Crippen molar-refractivity contribution in [2.45, 2.75) is 13.3 Å². The van der Waals surface area contributed by atoms with E-state index in [0.717, 1.165) is 6.42 Å². The van der Waals surface area contributed by atoms with Gasteiger partial charge in [-0.05, 0) is 30.4 Å². The summed E-state index contributed by atoms with van der Waals surface area (Å²) in [5.41, 5.74) is 1.24. The molecule has 0 spiro atoms. The smallest absolute Gasteiger partial charge is 0.284 e. The molecule has 0 aromatic carbocycles. The molecule has 0 unspecified atom stereocenters. The Morgan fingerprint density at radius 1 is 1.69 bits per heavy atom. The Morgan fingerprint density at radius 2 is 2.46 bits per heavy atom. The van der Waals surface area contributed by atoms with Crippen molar-refractivity contribution in [1.29, 1.82) is 0 Å². The van der Waals surface area contributed by atoms with Crippen LogP contribution in [0.5, 0.6) is 0 Å². The van der Waals surface area contributed by atoms with Crippen LogP contribution in [0.15, 0.2) is 11.4 Å². The van der Waals surface area contributed by atoms with Gasteiger partial charge in [-0.15, -0.1) is 11.3 Å². The van der Waals surface area contributed by atoms with E-state index in [-0.39, 0.29) is 0 Å². The van der Waals surface area contributed by atoms with Gasteiger partial charge >= 0.3 is 0 Å². The lowest BCUT2D eigenvalue weighted by Crippen LogP contribution is -2.26. The monoisotopic (exact) mass is 197 g/mol. The minimum Gasteiger partial charge on any atom is -0.349 e. The molecule has 1 rings (SSSR count). The topological polar surface area (TPSA) is 46.2 Å². The first kappa shape index (κ1) is 9.92. The summed E-state index contributed by atoms with van der Waals surface area (Å²) in [5.74, 6) is -0.547. The predicted molar refractivity (Wildman–Crippen MR) is 51.8 cm³/mol. The minimum absolute atomic E-state index is 0.293. The molecule has 0 aliphatic heterocycles. The number of hydrogen-bond acceptors (Lipinski definition) is 3. The molecule has 70 valence electrons. The van der Waals surface area contributed by atoms with Crippen LogP contribution in [-0.4, -0.2) is 18.7 Å². The highest BCUT2D eigenvalue weighted by Gasteiger charge is 2.00. The first-order valence-electron chi connectivity index (χ1n) is 4.00. The van der Waals surface area contributed by atoms with Crippen LogP contribution in [0, 0.1) is 6.92 Å². The van der Waals surface area contributed by atoms with Crippen LogP contribution >= 0.6 is 11.3 Å². The normalized spacial score (nSPS) is 9.62. The largest absolute Gasteiger partial charge is 0.349 e. The summed E-state index contributed by atoms with van der Waals surface area (Å²) in [6.07, 6.45) is 1.09. The number of hydrogen-bond donors (Lipinski definition) is 1. The van der Waals surface area contributed by atoms with E-state index in [9.17, 15) is 9.59 Å². The van der Waals surface area contributed by atoms with E-state index in [0.29, 0.717) is 12.8 Å². The molecule has 0 saturated heterocycles. The first-order valence-corrected chi connectivity index (χ1v) is 4.88. The maximum absolute atomic E-state index is 10.5. The lowest BCUT2D eigenvalue weighted by Gasteiger charge is -1.99. The first-order chi connectivity index (χ1) is 6.24. The van der Waals surface area contributed by atoms with Crippen molar-refractivity contribution in [2.24, 2.45) is 0 Å². The third-order valence-electron chi connectivity index (χ3n) is 1.73. The summed E-state index contributed by atoms with van der Waals surface area (Å²) in [6, 6.07) is 2.04. The highest BCUT2D eigenvalue weighted by atomic mass is 32.1. The van der Waals surface area contributed by atoms with Gasteiger partial charge in [-0.25, -0.2) is 0 Å². The molecule has 0 saturated carbocycles. The van der Waals surface area contributed by atoms with Crippen molar-refractivity contribution in [3.8, 4) is 0 Å². The third kappa shape index (κ3) is 2.99. The quantitative estimate of drug-likeness (QED) is 0.576. The molecule has 0 atom stereocenters. The van der Waals surface area contributed by atoms with E-state index in [1.54, 1.807) is 11.3 Å². The van der Waals surface area contributed by atoms with Gasteiger partial charge in [0, 0.05) is 11.4 Å². The molecule has 0 bridgehead atoms. The molecule has 13 heavy (non-hydrogen) atoms. The van der Waals surface area contributed by atoms with Crippen molar-refractivity contribution >= 4 is 23.5 Å². The summed E-state index contributed by atoms with van der Waals surface area (Å²) < 4.78 is 0. The van der Waals surface area contributed by atoms with Crippen molar-refractivity contribution in [1.82, 2.24) is 5.32 Å². The van der Waals surface area contributed by atoms with Gasteiger partial charge in [-0.3, -0.25) is 9.59 Å². The Hall–Kier alpha value is -1.16. The molecule has 1 aromatic heterocycles. The molecule has 1 heterocycles. The lowest BCUT2D eigenvalue weighted by molar-refractivity contribution is -0.131. The molecular formula is C9H11NO2S. The average Bonchev–Trinajstić information content (AvgIpc) is 2.52. The standard InChI is InChI=1S/C9H11NO2S/c1-7-3-5-13-8(7)2-4-10-9(12)6-11/h3,5-6H,2,4H2,1H3,(H,10,12). The Kier molecular flexibility index (Phi) is 3.64. The Labute approximate surface area is 80.8 Å². The van der Waals surface area contributed by atoms with Crippen LogP contribution in [0.25, 0.3) is 0 Å². The number of carbonyl (C=O) groups is 2. The number of thiophene rings is 1. The summed E-state index contributed by atoms with van der Waals surface area (Å²) in [5, 5.41) is 4.52. The second-order valence-corrected chi connectivity index (χ2v) is 3.69. The van der Waals surface area contributed by atoms with Crippen molar-refractivity contribution in [3.05, 3.63) is 21.9 Å². The maximum Gasteiger partial charge on any atom is 0.284 e. The highest BCUT2D eigenvalue weighted by Crippen LogP contribution is 2.15. The van der Waals surface area contributed by atoms with Crippen molar-refractivity contribution in [2.75, 3.05) is 6.54 Å². The van der Waals surface area contributed by atoms with Crippen LogP contribution in [0.2, 0.25) is 0 Å². The van der Waals surface area contributed by atoms with E-state index in [4.69, 9.17) is 0 Å². The summed E-state index contributed by atoms with van der Waals surface area (Å²) in [7, 11) is 0. The zero-order chi connectivity index (χ0) is 9.68. The summed E-state index contributed by atoms with van der Waals surface area (Å²) in [4.78, 5) is 21.8. The number of aldehydes is 1. The van der Waals surface area contributed by atoms with Crippen LogP contribution in [0.3, 0.4) is 0 Å². The van der Waals surface area contributed by atoms with Crippen LogP contribution in [-0.2, 0) is 16.0 Å². The molecule has 0 aliphatic carbocycles. The average molecular weight is 197 g/mol. The number of amides is 1. The zero-order valence-electron chi connectivity index (χ0n) is 7.37. The number of rotatable bonds is 4. The van der Waals surface area contributed by atoms with E-state index in [2.05, 4.69) is 5.32 Å². The second-order valence-electron chi connectivity index (χ2n) is 2.69. The van der Waals surface area contributed by atoms with E-state index >= 15 is 0 Å². The van der Waals surface area contributed by atoms with Crippen LogP contribution < -0.4 is 5.32 Å². The van der Waals surface area contributed by atoms with Crippen molar-refractivity contribution < 1.29 is 9.59 Å². The molecule has 0 fully saturated rings. The fourth-order valence-corrected chi connectivity index (χ4v) is 1.91. The van der Waals surface area contributed by atoms with Crippen LogP contribution in [0.4, 0.5) is 0 Å². The molecule has 3 nitrogen and oxygen atoms in total. The van der Waals surface area contributed by atoms with Gasteiger partial charge in [0.2, 0.25) is 6.29 Å². The molecule has 1 N–H and O–H groups in total. The van der Waals surface area contributed by atoms with E-state index in [1.165, 1.54) is 10.4 Å². The third-order valence-corrected chi connectivity index (χ3v) is 2.81. The molecule has 0 radical (unpaired) electrons. The van der Waals surface area contributed by atoms with E-state index in [1.807, 2.05) is 18.4 Å². The maximum atomic E-state index is 10.5. The summed E-state index contributed by atoms with van der Waals surface area (Å²) in [6.45, 7) is 2.56. The molecule has 0 aliphatic rings. The summed E-state index contributed by atoms with van der Waals surface area (Å²) >= 11 is 1.67. The van der Waals surface area contributed by atoms with Gasteiger partial charge in [-0.2, -0.15) is 0 Å². The van der Waals surface area contributed by atoms with Gasteiger partial charge in [0.05, 0.1) is 0 Å². The molecule has 4 heteroatoms. The highest BCUT2D eigenvalue weighted by molar-refractivity contribution is 7.10. The Morgan fingerprint density at radius 3 is 3.00 bits per heavy atom. The Balaban J connectivity index is 2.32. The second kappa shape index (κ2) is 4.77. The number of nitrogens with one attached hydrogen (secondary N) is 1. The van der Waals surface area contributed by atoms with Gasteiger partial charge in [0.25, 0.3) is 5.91 Å². The predicted octanol–water partition coefficient (Wildman–Crippen LogP) is 0.914.